The minimum Gasteiger partial charge on any atom is -0.496 e. The summed E-state index contributed by atoms with van der Waals surface area (Å²) >= 11 is 0. The maximum absolute atomic E-state index is 10.5. The van der Waals surface area contributed by atoms with E-state index in [1.54, 1.807) is 7.11 Å². The Balaban J connectivity index is 2.22. The monoisotopic (exact) mass is 232 g/mol. The van der Waals surface area contributed by atoms with Crippen molar-refractivity contribution in [3.05, 3.63) is 28.3 Å². The highest BCUT2D eigenvalue weighted by Crippen LogP contribution is 2.52. The van der Waals surface area contributed by atoms with Crippen LogP contribution >= 0.6 is 0 Å². The first-order valence-corrected chi connectivity index (χ1v) is 6.58. The topological polar surface area (TPSA) is 29.5 Å². The highest BCUT2D eigenvalue weighted by Gasteiger charge is 2.46. The van der Waals surface area contributed by atoms with Crippen LogP contribution in [0.2, 0.25) is 0 Å². The average Bonchev–Trinajstić information content (AvgIpc) is 3.07. The molecule has 2 aliphatic carbocycles. The smallest absolute Gasteiger partial charge is 0.125 e. The highest BCUT2D eigenvalue weighted by molar-refractivity contribution is 5.54. The molecule has 1 N–H and O–H groups in total. The van der Waals surface area contributed by atoms with Crippen molar-refractivity contribution in [2.45, 2.75) is 51.0 Å². The van der Waals surface area contributed by atoms with E-state index in [1.165, 1.54) is 29.5 Å². The van der Waals surface area contributed by atoms with Crippen LogP contribution in [0.1, 0.15) is 47.9 Å². The average molecular weight is 232 g/mol. The second-order valence-corrected chi connectivity index (χ2v) is 5.47. The number of rotatable bonds is 2. The van der Waals surface area contributed by atoms with E-state index in [-0.39, 0.29) is 0 Å². The lowest BCUT2D eigenvalue weighted by atomic mass is 9.82. The van der Waals surface area contributed by atoms with Crippen LogP contribution in [0.25, 0.3) is 0 Å². The zero-order chi connectivity index (χ0) is 12.0. The molecular formula is C15H20O2. The number of methoxy groups -OCH3 is 1. The van der Waals surface area contributed by atoms with Gasteiger partial charge in [0.05, 0.1) is 12.7 Å². The van der Waals surface area contributed by atoms with Crippen molar-refractivity contribution in [3.63, 3.8) is 0 Å². The number of aryl methyl sites for hydroxylation is 1. The number of benzene rings is 1. The Kier molecular flexibility index (Phi) is 2.44. The second-order valence-electron chi connectivity index (χ2n) is 5.47. The second kappa shape index (κ2) is 3.74. The van der Waals surface area contributed by atoms with E-state index in [0.29, 0.717) is 0 Å². The normalized spacial score (nSPS) is 20.9. The molecule has 1 saturated carbocycles. The van der Waals surface area contributed by atoms with Crippen molar-refractivity contribution in [2.24, 2.45) is 0 Å². The van der Waals surface area contributed by atoms with Crippen LogP contribution in [0.4, 0.5) is 0 Å². The lowest BCUT2D eigenvalue weighted by Crippen LogP contribution is -2.16. The summed E-state index contributed by atoms with van der Waals surface area (Å²) in [6, 6.07) is 2.11. The van der Waals surface area contributed by atoms with Gasteiger partial charge in [-0.05, 0) is 68.2 Å². The Morgan fingerprint density at radius 3 is 2.41 bits per heavy atom. The molecule has 0 amide bonds. The van der Waals surface area contributed by atoms with Crippen LogP contribution < -0.4 is 4.74 Å². The lowest BCUT2D eigenvalue weighted by molar-refractivity contribution is 0.146. The predicted octanol–water partition coefficient (Wildman–Crippen LogP) is 2.86. The molecule has 1 aromatic rings. The van der Waals surface area contributed by atoms with Gasteiger partial charge in [0.2, 0.25) is 0 Å². The summed E-state index contributed by atoms with van der Waals surface area (Å²) < 4.78 is 5.50. The van der Waals surface area contributed by atoms with E-state index in [9.17, 15) is 5.11 Å². The van der Waals surface area contributed by atoms with Gasteiger partial charge in [-0.1, -0.05) is 0 Å². The van der Waals surface area contributed by atoms with Crippen molar-refractivity contribution < 1.29 is 9.84 Å². The molecular weight excluding hydrogens is 212 g/mol. The molecule has 17 heavy (non-hydrogen) atoms. The highest BCUT2D eigenvalue weighted by atomic mass is 16.5. The first-order valence-electron chi connectivity index (χ1n) is 6.58. The summed E-state index contributed by atoms with van der Waals surface area (Å²) in [6.07, 6.45) is 6.55. The fraction of sp³-hybridized carbons (Fsp3) is 0.600. The third kappa shape index (κ3) is 1.66. The molecule has 0 aromatic heterocycles. The summed E-state index contributed by atoms with van der Waals surface area (Å²) in [7, 11) is 1.71. The van der Waals surface area contributed by atoms with E-state index in [2.05, 4.69) is 13.0 Å². The Labute approximate surface area is 103 Å². The zero-order valence-corrected chi connectivity index (χ0v) is 10.7. The molecule has 0 heterocycles. The first kappa shape index (κ1) is 11.1. The van der Waals surface area contributed by atoms with Crippen LogP contribution in [0.5, 0.6) is 5.75 Å². The molecule has 0 unspecified atom stereocenters. The molecule has 2 nitrogen and oxygen atoms in total. The Hall–Kier alpha value is -1.02. The van der Waals surface area contributed by atoms with Gasteiger partial charge in [0.25, 0.3) is 0 Å². The van der Waals surface area contributed by atoms with E-state index < -0.39 is 5.60 Å². The van der Waals surface area contributed by atoms with Crippen LogP contribution in [0.3, 0.4) is 0 Å². The predicted molar refractivity (Wildman–Crippen MR) is 67.5 cm³/mol. The summed E-state index contributed by atoms with van der Waals surface area (Å²) in [5.74, 6) is 0.892. The van der Waals surface area contributed by atoms with Gasteiger partial charge in [-0.3, -0.25) is 0 Å². The van der Waals surface area contributed by atoms with Gasteiger partial charge in [0, 0.05) is 5.56 Å². The van der Waals surface area contributed by atoms with Crippen LogP contribution in [0, 0.1) is 6.92 Å². The maximum atomic E-state index is 10.5. The van der Waals surface area contributed by atoms with E-state index in [4.69, 9.17) is 4.74 Å². The minimum absolute atomic E-state index is 0.583. The van der Waals surface area contributed by atoms with Gasteiger partial charge in [-0.15, -0.1) is 0 Å². The summed E-state index contributed by atoms with van der Waals surface area (Å²) in [6.45, 7) is 2.16. The fourth-order valence-electron chi connectivity index (χ4n) is 3.16. The Morgan fingerprint density at radius 2 is 1.82 bits per heavy atom. The number of hydrogen-bond acceptors (Lipinski definition) is 2. The number of fused-ring (bicyclic) bond motifs is 1. The molecule has 0 saturated heterocycles. The van der Waals surface area contributed by atoms with Crippen LogP contribution in [-0.2, 0) is 18.4 Å². The summed E-state index contributed by atoms with van der Waals surface area (Å²) in [5.41, 5.74) is 4.69. The zero-order valence-electron chi connectivity index (χ0n) is 10.7. The van der Waals surface area contributed by atoms with Crippen molar-refractivity contribution in [1.82, 2.24) is 0 Å². The molecule has 2 heteroatoms. The molecule has 0 radical (unpaired) electrons. The van der Waals surface area contributed by atoms with Gasteiger partial charge in [-0.2, -0.15) is 0 Å². The maximum Gasteiger partial charge on any atom is 0.125 e. The SMILES string of the molecule is COc1cc(C)c2c(c1C1(O)CC1)CCCC2. The molecule has 0 bridgehead atoms. The third-order valence-corrected chi connectivity index (χ3v) is 4.25. The largest absolute Gasteiger partial charge is 0.496 e. The Bertz CT molecular complexity index is 458. The van der Waals surface area contributed by atoms with Crippen LogP contribution in [0.15, 0.2) is 6.07 Å². The number of hydrogen-bond donors (Lipinski definition) is 1. The lowest BCUT2D eigenvalue weighted by Gasteiger charge is -2.26. The first-order chi connectivity index (χ1) is 8.15. The molecule has 1 fully saturated rings. The molecule has 92 valence electrons. The number of aliphatic hydroxyl groups is 1. The summed E-state index contributed by atoms with van der Waals surface area (Å²) in [4.78, 5) is 0. The van der Waals surface area contributed by atoms with Crippen molar-refractivity contribution >= 4 is 0 Å². The number of ether oxygens (including phenoxy) is 1. The standard InChI is InChI=1S/C15H20O2/c1-10-9-13(17-2)14(15(16)7-8-15)12-6-4-3-5-11(10)12/h9,16H,3-8H2,1-2H3. The molecule has 1 aromatic carbocycles. The third-order valence-electron chi connectivity index (χ3n) is 4.25. The Morgan fingerprint density at radius 1 is 1.18 bits per heavy atom. The van der Waals surface area contributed by atoms with E-state index in [0.717, 1.165) is 37.0 Å². The quantitative estimate of drug-likeness (QED) is 0.849. The van der Waals surface area contributed by atoms with Crippen molar-refractivity contribution in [2.75, 3.05) is 7.11 Å². The molecule has 0 spiro atoms. The van der Waals surface area contributed by atoms with E-state index in [1.807, 2.05) is 0 Å². The van der Waals surface area contributed by atoms with Crippen molar-refractivity contribution in [3.8, 4) is 5.75 Å². The van der Waals surface area contributed by atoms with Crippen molar-refractivity contribution in [1.29, 1.82) is 0 Å². The molecule has 3 rings (SSSR count). The van der Waals surface area contributed by atoms with Gasteiger partial charge in [0.1, 0.15) is 5.75 Å². The van der Waals surface area contributed by atoms with E-state index >= 15 is 0 Å². The van der Waals surface area contributed by atoms with Gasteiger partial charge in [-0.25, -0.2) is 0 Å². The molecule has 0 aliphatic heterocycles. The van der Waals surface area contributed by atoms with Gasteiger partial charge in [0.15, 0.2) is 0 Å². The van der Waals surface area contributed by atoms with Crippen LogP contribution in [-0.4, -0.2) is 12.2 Å². The fourth-order valence-corrected chi connectivity index (χ4v) is 3.16. The van der Waals surface area contributed by atoms with Gasteiger partial charge >= 0.3 is 0 Å². The van der Waals surface area contributed by atoms with Gasteiger partial charge < -0.3 is 9.84 Å². The summed E-state index contributed by atoms with van der Waals surface area (Å²) in [5, 5.41) is 10.5. The molecule has 0 atom stereocenters. The minimum atomic E-state index is -0.583. The molecule has 2 aliphatic rings.